The number of anilines is 1. The van der Waals surface area contributed by atoms with Gasteiger partial charge in [-0.2, -0.15) is 0 Å². The molecule has 3 aromatic carbocycles. The molecule has 0 aliphatic carbocycles. The highest BCUT2D eigenvalue weighted by atomic mass is 15.0. The molecule has 0 unspecified atom stereocenters. The van der Waals surface area contributed by atoms with Crippen molar-refractivity contribution in [2.75, 3.05) is 11.9 Å². The van der Waals surface area contributed by atoms with E-state index in [1.807, 2.05) is 6.20 Å². The normalized spacial score (nSPS) is 13.0. The molecule has 0 amide bonds. The SMILES string of the molecule is Cc1cc(C)cc(-c2nccc3c2-c2ccc(CC(C)(C)C)cc2B(c2c(C)cccc2C)N3C)c1. The molecular formula is C33H37BN2. The van der Waals surface area contributed by atoms with E-state index in [0.717, 1.165) is 12.1 Å². The third kappa shape index (κ3) is 4.36. The highest BCUT2D eigenvalue weighted by molar-refractivity contribution is 6.90. The van der Waals surface area contributed by atoms with Gasteiger partial charge in [-0.15, -0.1) is 0 Å². The number of hydrogen-bond acceptors (Lipinski definition) is 2. The molecular weight excluding hydrogens is 435 g/mol. The maximum atomic E-state index is 4.97. The maximum absolute atomic E-state index is 4.97. The van der Waals surface area contributed by atoms with Gasteiger partial charge in [0.15, 0.2) is 0 Å². The Morgan fingerprint density at radius 2 is 1.50 bits per heavy atom. The molecule has 0 bridgehead atoms. The standard InChI is InChI=1S/C33H37BN2/c1-21-16-22(2)18-26(17-21)32-30-27-13-12-25(20-33(5,6)7)19-28(27)34(36(8)29(30)14-15-35-32)31-23(3)10-9-11-24(31)4/h9-19H,20H2,1-8H3. The zero-order valence-electron chi connectivity index (χ0n) is 23.0. The summed E-state index contributed by atoms with van der Waals surface area (Å²) in [6.07, 6.45) is 3.02. The van der Waals surface area contributed by atoms with Crippen molar-refractivity contribution in [1.29, 1.82) is 0 Å². The largest absolute Gasteiger partial charge is 0.409 e. The van der Waals surface area contributed by atoms with Crippen LogP contribution in [0.4, 0.5) is 5.69 Å². The van der Waals surface area contributed by atoms with Gasteiger partial charge >= 0.3 is 6.85 Å². The van der Waals surface area contributed by atoms with Crippen molar-refractivity contribution < 1.29 is 0 Å². The second kappa shape index (κ2) is 8.96. The number of aryl methyl sites for hydroxylation is 4. The topological polar surface area (TPSA) is 16.1 Å². The van der Waals surface area contributed by atoms with Crippen LogP contribution in [-0.2, 0) is 6.42 Å². The minimum absolute atomic E-state index is 0.156. The first-order chi connectivity index (χ1) is 17.0. The van der Waals surface area contributed by atoms with Gasteiger partial charge < -0.3 is 4.81 Å². The van der Waals surface area contributed by atoms with E-state index in [9.17, 15) is 0 Å². The molecule has 0 radical (unpaired) electrons. The first kappa shape index (κ1) is 24.4. The molecule has 2 heterocycles. The van der Waals surface area contributed by atoms with Gasteiger partial charge in [-0.1, -0.05) is 85.5 Å². The molecule has 0 spiro atoms. The van der Waals surface area contributed by atoms with Crippen LogP contribution < -0.4 is 15.7 Å². The summed E-state index contributed by atoms with van der Waals surface area (Å²) in [5.74, 6) is 0. The van der Waals surface area contributed by atoms with Gasteiger partial charge in [-0.05, 0) is 86.8 Å². The van der Waals surface area contributed by atoms with Crippen LogP contribution in [0.5, 0.6) is 0 Å². The van der Waals surface area contributed by atoms with Crippen LogP contribution in [0.1, 0.15) is 48.6 Å². The summed E-state index contributed by atoms with van der Waals surface area (Å²) < 4.78 is 0. The Morgan fingerprint density at radius 1 is 0.833 bits per heavy atom. The molecule has 0 saturated heterocycles. The first-order valence-corrected chi connectivity index (χ1v) is 13.0. The molecule has 0 fully saturated rings. The third-order valence-corrected chi connectivity index (χ3v) is 7.42. The molecule has 2 nitrogen and oxygen atoms in total. The van der Waals surface area contributed by atoms with Gasteiger partial charge in [0.05, 0.1) is 5.69 Å². The van der Waals surface area contributed by atoms with E-state index in [0.29, 0.717) is 0 Å². The Kier molecular flexibility index (Phi) is 6.07. The monoisotopic (exact) mass is 472 g/mol. The van der Waals surface area contributed by atoms with Gasteiger partial charge in [0.2, 0.25) is 0 Å². The quantitative estimate of drug-likeness (QED) is 0.305. The van der Waals surface area contributed by atoms with Crippen LogP contribution in [0.3, 0.4) is 0 Å². The molecule has 5 rings (SSSR count). The lowest BCUT2D eigenvalue weighted by molar-refractivity contribution is 0.411. The zero-order valence-corrected chi connectivity index (χ0v) is 23.0. The van der Waals surface area contributed by atoms with E-state index in [1.165, 1.54) is 61.1 Å². The molecule has 4 aromatic rings. The first-order valence-electron chi connectivity index (χ1n) is 13.0. The van der Waals surface area contributed by atoms with Gasteiger partial charge in [-0.25, -0.2) is 0 Å². The molecule has 0 atom stereocenters. The average molecular weight is 472 g/mol. The number of hydrogen-bond donors (Lipinski definition) is 0. The number of benzene rings is 3. The summed E-state index contributed by atoms with van der Waals surface area (Å²) in [6, 6.07) is 22.8. The van der Waals surface area contributed by atoms with Gasteiger partial charge in [-0.3, -0.25) is 4.98 Å². The molecule has 182 valence electrons. The number of nitrogens with zero attached hydrogens (tertiary/aromatic N) is 2. The van der Waals surface area contributed by atoms with E-state index in [4.69, 9.17) is 4.98 Å². The lowest BCUT2D eigenvalue weighted by atomic mass is 9.44. The van der Waals surface area contributed by atoms with Crippen LogP contribution in [0.15, 0.2) is 66.9 Å². The smallest absolute Gasteiger partial charge is 0.324 e. The summed E-state index contributed by atoms with van der Waals surface area (Å²) >= 11 is 0. The van der Waals surface area contributed by atoms with Crippen molar-refractivity contribution in [3.8, 4) is 22.4 Å². The van der Waals surface area contributed by atoms with Crippen LogP contribution in [0.25, 0.3) is 22.4 Å². The molecule has 1 aliphatic heterocycles. The number of rotatable bonds is 3. The highest BCUT2D eigenvalue weighted by Crippen LogP contribution is 2.41. The van der Waals surface area contributed by atoms with E-state index in [1.54, 1.807) is 0 Å². The number of aromatic nitrogens is 1. The van der Waals surface area contributed by atoms with Gasteiger partial charge in [0, 0.05) is 23.0 Å². The molecule has 1 aliphatic rings. The summed E-state index contributed by atoms with van der Waals surface area (Å²) in [5.41, 5.74) is 15.7. The van der Waals surface area contributed by atoms with Crippen molar-refractivity contribution in [1.82, 2.24) is 4.98 Å². The number of fused-ring (bicyclic) bond motifs is 3. The Bertz CT molecular complexity index is 1420. The minimum Gasteiger partial charge on any atom is -0.409 e. The van der Waals surface area contributed by atoms with E-state index in [-0.39, 0.29) is 12.3 Å². The van der Waals surface area contributed by atoms with Gasteiger partial charge in [0.1, 0.15) is 0 Å². The second-order valence-corrected chi connectivity index (χ2v) is 11.9. The van der Waals surface area contributed by atoms with Crippen LogP contribution in [0, 0.1) is 33.1 Å². The Morgan fingerprint density at radius 3 is 2.14 bits per heavy atom. The van der Waals surface area contributed by atoms with E-state index in [2.05, 4.69) is 121 Å². The fourth-order valence-electron chi connectivity index (χ4n) is 6.09. The highest BCUT2D eigenvalue weighted by Gasteiger charge is 2.37. The minimum atomic E-state index is 0.156. The van der Waals surface area contributed by atoms with Crippen LogP contribution in [0.2, 0.25) is 0 Å². The fraction of sp³-hybridized carbons (Fsp3) is 0.303. The summed E-state index contributed by atoms with van der Waals surface area (Å²) in [4.78, 5) is 7.44. The van der Waals surface area contributed by atoms with Crippen molar-refractivity contribution in [2.24, 2.45) is 5.41 Å². The lowest BCUT2D eigenvalue weighted by Gasteiger charge is -2.38. The van der Waals surface area contributed by atoms with Crippen molar-refractivity contribution in [3.63, 3.8) is 0 Å². The maximum Gasteiger partial charge on any atom is 0.324 e. The summed E-state index contributed by atoms with van der Waals surface area (Å²) in [7, 11) is 2.25. The van der Waals surface area contributed by atoms with Gasteiger partial charge in [0.25, 0.3) is 0 Å². The number of pyridine rings is 1. The van der Waals surface area contributed by atoms with Crippen LogP contribution in [-0.4, -0.2) is 18.9 Å². The van der Waals surface area contributed by atoms with E-state index < -0.39 is 0 Å². The molecule has 0 saturated carbocycles. The zero-order chi connectivity index (χ0) is 25.8. The predicted octanol–water partition coefficient (Wildman–Crippen LogP) is 6.79. The van der Waals surface area contributed by atoms with Crippen molar-refractivity contribution in [2.45, 2.75) is 54.9 Å². The Labute approximate surface area is 217 Å². The summed E-state index contributed by atoms with van der Waals surface area (Å²) in [6.45, 7) is 15.9. The van der Waals surface area contributed by atoms with Crippen molar-refractivity contribution >= 4 is 23.5 Å². The van der Waals surface area contributed by atoms with Crippen molar-refractivity contribution in [3.05, 3.63) is 94.7 Å². The third-order valence-electron chi connectivity index (χ3n) is 7.42. The predicted molar refractivity (Wildman–Crippen MR) is 157 cm³/mol. The molecule has 0 N–H and O–H groups in total. The Hall–Kier alpha value is -3.33. The second-order valence-electron chi connectivity index (χ2n) is 11.9. The molecule has 3 heteroatoms. The average Bonchev–Trinajstić information content (AvgIpc) is 2.79. The summed E-state index contributed by atoms with van der Waals surface area (Å²) in [5, 5.41) is 0. The lowest BCUT2D eigenvalue weighted by Crippen LogP contribution is -2.59. The molecule has 1 aromatic heterocycles. The Balaban J connectivity index is 1.81. The fourth-order valence-corrected chi connectivity index (χ4v) is 6.09. The van der Waals surface area contributed by atoms with Crippen LogP contribution >= 0.6 is 0 Å². The molecule has 36 heavy (non-hydrogen) atoms. The van der Waals surface area contributed by atoms with E-state index >= 15 is 0 Å².